The molecule has 0 atom stereocenters. The Bertz CT molecular complexity index is 648. The molecule has 0 fully saturated rings. The number of nitrogens with zero attached hydrogens (tertiary/aromatic N) is 1. The summed E-state index contributed by atoms with van der Waals surface area (Å²) in [6.45, 7) is 1.91. The van der Waals surface area contributed by atoms with Crippen LogP contribution in [0.2, 0.25) is 5.02 Å². The first-order valence-corrected chi connectivity index (χ1v) is 6.72. The lowest BCUT2D eigenvalue weighted by Gasteiger charge is -2.06. The van der Waals surface area contributed by atoms with Crippen LogP contribution in [0, 0.1) is 10.1 Å². The lowest BCUT2D eigenvalue weighted by molar-refractivity contribution is -0.422. The molecule has 0 spiro atoms. The summed E-state index contributed by atoms with van der Waals surface area (Å²) < 4.78 is 5.64. The van der Waals surface area contributed by atoms with E-state index in [-0.39, 0.29) is 5.70 Å². The zero-order chi connectivity index (χ0) is 15.2. The standard InChI is InChI=1S/C16H14ClNO3/c1-12(18(19)20)10-13-4-8-16(9-5-13)21-11-14-2-6-15(17)7-3-14/h2-10H,11H2,1H3/b12-10+. The van der Waals surface area contributed by atoms with Gasteiger partial charge in [-0.05, 0) is 35.4 Å². The molecule has 0 saturated heterocycles. The van der Waals surface area contributed by atoms with E-state index in [1.807, 2.05) is 24.3 Å². The molecule has 0 saturated carbocycles. The van der Waals surface area contributed by atoms with Crippen molar-refractivity contribution in [2.45, 2.75) is 13.5 Å². The van der Waals surface area contributed by atoms with Gasteiger partial charge in [0.05, 0.1) is 4.92 Å². The Morgan fingerprint density at radius 3 is 2.38 bits per heavy atom. The smallest absolute Gasteiger partial charge is 0.243 e. The maximum absolute atomic E-state index is 10.6. The molecule has 0 heterocycles. The molecule has 0 unspecified atom stereocenters. The maximum atomic E-state index is 10.6. The van der Waals surface area contributed by atoms with Crippen LogP contribution in [0.4, 0.5) is 0 Å². The molecule has 21 heavy (non-hydrogen) atoms. The highest BCUT2D eigenvalue weighted by Gasteiger charge is 2.02. The van der Waals surface area contributed by atoms with Crippen LogP contribution in [0.15, 0.2) is 54.2 Å². The van der Waals surface area contributed by atoms with Crippen LogP contribution in [0.25, 0.3) is 6.08 Å². The molecule has 0 aliphatic carbocycles. The molecule has 2 aromatic carbocycles. The number of nitro groups is 1. The van der Waals surface area contributed by atoms with Crippen LogP contribution in [0.3, 0.4) is 0 Å². The fraction of sp³-hybridized carbons (Fsp3) is 0.125. The van der Waals surface area contributed by atoms with Gasteiger partial charge in [0, 0.05) is 18.0 Å². The SMILES string of the molecule is C/C(=C\c1ccc(OCc2ccc(Cl)cc2)cc1)[N+](=O)[O-]. The average molecular weight is 304 g/mol. The molecule has 0 aliphatic heterocycles. The van der Waals surface area contributed by atoms with E-state index in [1.54, 1.807) is 24.3 Å². The third kappa shape index (κ3) is 4.61. The predicted octanol–water partition coefficient (Wildman–Crippen LogP) is 4.56. The number of halogens is 1. The van der Waals surface area contributed by atoms with Crippen LogP contribution in [-0.4, -0.2) is 4.92 Å². The number of allylic oxidation sites excluding steroid dienone is 1. The summed E-state index contributed by atoms with van der Waals surface area (Å²) >= 11 is 5.82. The third-order valence-corrected chi connectivity index (χ3v) is 3.11. The van der Waals surface area contributed by atoms with Crippen molar-refractivity contribution in [1.82, 2.24) is 0 Å². The average Bonchev–Trinajstić information content (AvgIpc) is 2.48. The van der Waals surface area contributed by atoms with Gasteiger partial charge in [0.15, 0.2) is 0 Å². The first-order chi connectivity index (χ1) is 10.0. The summed E-state index contributed by atoms with van der Waals surface area (Å²) in [5.74, 6) is 0.709. The van der Waals surface area contributed by atoms with Gasteiger partial charge < -0.3 is 4.74 Å². The van der Waals surface area contributed by atoms with Crippen LogP contribution in [-0.2, 0) is 6.61 Å². The second kappa shape index (κ2) is 6.90. The fourth-order valence-electron chi connectivity index (χ4n) is 1.70. The van der Waals surface area contributed by atoms with E-state index >= 15 is 0 Å². The van der Waals surface area contributed by atoms with Gasteiger partial charge >= 0.3 is 0 Å². The molecule has 0 N–H and O–H groups in total. The zero-order valence-electron chi connectivity index (χ0n) is 11.5. The Morgan fingerprint density at radius 1 is 1.19 bits per heavy atom. The van der Waals surface area contributed by atoms with Crippen molar-refractivity contribution in [1.29, 1.82) is 0 Å². The lowest BCUT2D eigenvalue weighted by Crippen LogP contribution is -1.95. The molecule has 2 rings (SSSR count). The van der Waals surface area contributed by atoms with E-state index in [1.165, 1.54) is 13.0 Å². The lowest BCUT2D eigenvalue weighted by atomic mass is 10.2. The largest absolute Gasteiger partial charge is 0.489 e. The molecule has 0 aromatic heterocycles. The Hall–Kier alpha value is -2.33. The molecular formula is C16H14ClNO3. The molecule has 0 radical (unpaired) electrons. The van der Waals surface area contributed by atoms with Gasteiger partial charge in [0.2, 0.25) is 5.70 Å². The summed E-state index contributed by atoms with van der Waals surface area (Å²) in [6, 6.07) is 14.6. The summed E-state index contributed by atoms with van der Waals surface area (Å²) in [5, 5.41) is 11.2. The van der Waals surface area contributed by atoms with E-state index in [2.05, 4.69) is 0 Å². The molecule has 2 aromatic rings. The van der Waals surface area contributed by atoms with Gasteiger partial charge in [-0.25, -0.2) is 0 Å². The Kier molecular flexibility index (Phi) is 4.95. The van der Waals surface area contributed by atoms with Crippen molar-refractivity contribution < 1.29 is 9.66 Å². The number of rotatable bonds is 5. The van der Waals surface area contributed by atoms with Gasteiger partial charge in [0.1, 0.15) is 12.4 Å². The van der Waals surface area contributed by atoms with Crippen LogP contribution < -0.4 is 4.74 Å². The minimum atomic E-state index is -0.412. The van der Waals surface area contributed by atoms with Crippen molar-refractivity contribution in [2.75, 3.05) is 0 Å². The van der Waals surface area contributed by atoms with Crippen LogP contribution in [0.1, 0.15) is 18.1 Å². The van der Waals surface area contributed by atoms with Crippen molar-refractivity contribution >= 4 is 17.7 Å². The maximum Gasteiger partial charge on any atom is 0.243 e. The zero-order valence-corrected chi connectivity index (χ0v) is 12.2. The second-order valence-electron chi connectivity index (χ2n) is 4.53. The van der Waals surface area contributed by atoms with Gasteiger partial charge in [-0.1, -0.05) is 35.9 Å². The third-order valence-electron chi connectivity index (χ3n) is 2.86. The van der Waals surface area contributed by atoms with E-state index in [0.717, 1.165) is 11.1 Å². The van der Waals surface area contributed by atoms with Crippen molar-refractivity contribution in [2.24, 2.45) is 0 Å². The number of benzene rings is 2. The molecule has 108 valence electrons. The summed E-state index contributed by atoms with van der Waals surface area (Å²) in [7, 11) is 0. The minimum Gasteiger partial charge on any atom is -0.489 e. The van der Waals surface area contributed by atoms with E-state index < -0.39 is 4.92 Å². The van der Waals surface area contributed by atoms with Crippen molar-refractivity contribution in [3.8, 4) is 5.75 Å². The number of ether oxygens (including phenoxy) is 1. The monoisotopic (exact) mass is 303 g/mol. The first-order valence-electron chi connectivity index (χ1n) is 6.34. The highest BCUT2D eigenvalue weighted by molar-refractivity contribution is 6.30. The number of hydrogen-bond donors (Lipinski definition) is 0. The summed E-state index contributed by atoms with van der Waals surface area (Å²) in [6.07, 6.45) is 1.52. The van der Waals surface area contributed by atoms with E-state index in [9.17, 15) is 10.1 Å². The second-order valence-corrected chi connectivity index (χ2v) is 4.96. The summed E-state index contributed by atoms with van der Waals surface area (Å²) in [4.78, 5) is 10.1. The molecule has 0 amide bonds. The molecular weight excluding hydrogens is 290 g/mol. The minimum absolute atomic E-state index is 0.102. The van der Waals surface area contributed by atoms with Gasteiger partial charge in [-0.15, -0.1) is 0 Å². The summed E-state index contributed by atoms with van der Waals surface area (Å²) in [5.41, 5.74) is 1.89. The highest BCUT2D eigenvalue weighted by atomic mass is 35.5. The van der Waals surface area contributed by atoms with Gasteiger partial charge in [-0.2, -0.15) is 0 Å². The molecule has 0 aliphatic rings. The quantitative estimate of drug-likeness (QED) is 0.601. The van der Waals surface area contributed by atoms with Crippen LogP contribution in [0.5, 0.6) is 5.75 Å². The first kappa shape index (κ1) is 15.1. The van der Waals surface area contributed by atoms with Crippen molar-refractivity contribution in [3.05, 3.63) is 80.5 Å². The molecule has 4 nitrogen and oxygen atoms in total. The fourth-order valence-corrected chi connectivity index (χ4v) is 1.83. The Morgan fingerprint density at radius 2 is 1.81 bits per heavy atom. The Balaban J connectivity index is 1.98. The van der Waals surface area contributed by atoms with Crippen molar-refractivity contribution in [3.63, 3.8) is 0 Å². The Labute approximate surface area is 127 Å². The highest BCUT2D eigenvalue weighted by Crippen LogP contribution is 2.17. The van der Waals surface area contributed by atoms with E-state index in [4.69, 9.17) is 16.3 Å². The van der Waals surface area contributed by atoms with E-state index in [0.29, 0.717) is 17.4 Å². The topological polar surface area (TPSA) is 52.4 Å². The molecule has 0 bridgehead atoms. The number of hydrogen-bond acceptors (Lipinski definition) is 3. The van der Waals surface area contributed by atoms with Crippen LogP contribution >= 0.6 is 11.6 Å². The van der Waals surface area contributed by atoms with Gasteiger partial charge in [-0.3, -0.25) is 10.1 Å². The van der Waals surface area contributed by atoms with Gasteiger partial charge in [0.25, 0.3) is 0 Å². The predicted molar refractivity (Wildman–Crippen MR) is 82.9 cm³/mol. The molecule has 5 heteroatoms. The normalized spacial score (nSPS) is 11.2.